The first kappa shape index (κ1) is 58.9. The first-order valence-corrected chi connectivity index (χ1v) is 24.8. The van der Waals surface area contributed by atoms with E-state index in [1.54, 1.807) is 30.3 Å². The molecule has 4 aromatic carbocycles. The quantitative estimate of drug-likeness (QED) is 0.0139. The van der Waals surface area contributed by atoms with Crippen molar-refractivity contribution in [3.05, 3.63) is 172 Å². The van der Waals surface area contributed by atoms with Gasteiger partial charge in [-0.25, -0.2) is 19.2 Å². The van der Waals surface area contributed by atoms with Gasteiger partial charge in [0.25, 0.3) is 0 Å². The van der Waals surface area contributed by atoms with Crippen molar-refractivity contribution in [2.45, 2.75) is 65.1 Å². The second kappa shape index (κ2) is 28.0. The van der Waals surface area contributed by atoms with Gasteiger partial charge in [0.2, 0.25) is 6.29 Å². The third-order valence-electron chi connectivity index (χ3n) is 11.1. The Labute approximate surface area is 450 Å². The minimum Gasteiger partial charge on any atom is -0.491 e. The normalized spacial score (nSPS) is 14.7. The molecule has 1 aliphatic rings. The van der Waals surface area contributed by atoms with Crippen LogP contribution in [0, 0.1) is 16.4 Å². The molecule has 0 radical (unpaired) electrons. The monoisotopic (exact) mass is 1140 g/mol. The number of aliphatic hydroxyl groups is 4. The van der Waals surface area contributed by atoms with Gasteiger partial charge in [0.1, 0.15) is 81.0 Å². The van der Waals surface area contributed by atoms with E-state index in [2.05, 4.69) is 55.0 Å². The zero-order valence-corrected chi connectivity index (χ0v) is 44.7. The molecule has 6 atom stereocenters. The SMILES string of the molecule is C=C(C)C(=O)OCC(O)COc1ccc(C2=CC(C(c3cc(-c4ccc(OCC(O)COC(=O)C(=C)C)cc4)ccc3OCC(O)COC(=O)C(=C)C)c3cc(I)cc(C)c3OC(O)COC(=O)C(=C)C)C=C2)cc1. The van der Waals surface area contributed by atoms with Crippen molar-refractivity contribution in [2.75, 3.05) is 46.2 Å². The topological polar surface area (TPSA) is 223 Å². The van der Waals surface area contributed by atoms with Gasteiger partial charge in [0.05, 0.1) is 0 Å². The van der Waals surface area contributed by atoms with Crippen LogP contribution in [-0.2, 0) is 38.1 Å². The lowest BCUT2D eigenvalue weighted by atomic mass is 9.79. The summed E-state index contributed by atoms with van der Waals surface area (Å²) in [5.74, 6) is -2.07. The second-order valence-corrected chi connectivity index (χ2v) is 19.2. The van der Waals surface area contributed by atoms with Gasteiger partial charge in [-0.15, -0.1) is 0 Å². The fraction of sp³-hybridized carbons (Fsp3) is 0.310. The van der Waals surface area contributed by atoms with Gasteiger partial charge >= 0.3 is 23.9 Å². The Kier molecular flexibility index (Phi) is 22.0. The van der Waals surface area contributed by atoms with Gasteiger partial charge in [-0.1, -0.05) is 74.9 Å². The Morgan fingerprint density at radius 3 is 1.47 bits per heavy atom. The maximum absolute atomic E-state index is 12.3. The van der Waals surface area contributed by atoms with Crippen molar-refractivity contribution in [1.82, 2.24) is 0 Å². The van der Waals surface area contributed by atoms with Crippen LogP contribution in [0.1, 0.15) is 55.9 Å². The average molecular weight is 1140 g/mol. The molecular formula is C58H63IO16. The summed E-state index contributed by atoms with van der Waals surface area (Å²) in [7, 11) is 0. The Morgan fingerprint density at radius 1 is 0.547 bits per heavy atom. The average Bonchev–Trinajstić information content (AvgIpc) is 3.87. The van der Waals surface area contributed by atoms with Crippen molar-refractivity contribution in [3.8, 4) is 34.1 Å². The number of allylic oxidation sites excluding steroid dienone is 4. The maximum Gasteiger partial charge on any atom is 0.333 e. The molecule has 1 aliphatic carbocycles. The molecule has 5 rings (SSSR count). The molecule has 0 heterocycles. The van der Waals surface area contributed by atoms with Crippen molar-refractivity contribution in [1.29, 1.82) is 0 Å². The van der Waals surface area contributed by atoms with Crippen LogP contribution >= 0.6 is 22.6 Å². The number of esters is 4. The van der Waals surface area contributed by atoms with E-state index in [-0.39, 0.29) is 61.9 Å². The van der Waals surface area contributed by atoms with Crippen molar-refractivity contribution in [3.63, 3.8) is 0 Å². The standard InChI is InChI=1S/C58H63IO16/c1-33(2)55(64)71-29-44(60)26-68-47-17-12-38(13-18-47)40-10-11-42(23-40)53(50-25-43(59)22-37(9)54(50)75-52(63)32-74-58(67)36(7)8)49-24-41(16-21-51(49)70-28-46(62)31-73-57(66)35(5)6)39-14-19-48(20-15-39)69-27-45(61)30-72-56(65)34(3)4/h10-25,42,44-46,52-53,60-63H,1,3,5,7,26-32H2,2,4,6,8-9H3. The zero-order valence-electron chi connectivity index (χ0n) is 42.5. The summed E-state index contributed by atoms with van der Waals surface area (Å²) in [5.41, 5.74) is 5.86. The number of rotatable bonds is 28. The molecule has 0 bridgehead atoms. The van der Waals surface area contributed by atoms with E-state index in [1.807, 2.05) is 67.6 Å². The van der Waals surface area contributed by atoms with Gasteiger partial charge in [-0.3, -0.25) is 0 Å². The number of hydrogen-bond acceptors (Lipinski definition) is 16. The predicted molar refractivity (Wildman–Crippen MR) is 289 cm³/mol. The Morgan fingerprint density at radius 2 is 0.987 bits per heavy atom. The third kappa shape index (κ3) is 17.8. The Hall–Kier alpha value is -7.03. The molecule has 398 valence electrons. The van der Waals surface area contributed by atoms with Gasteiger partial charge in [0, 0.05) is 48.8 Å². The van der Waals surface area contributed by atoms with Gasteiger partial charge in [0.15, 0.2) is 6.61 Å². The van der Waals surface area contributed by atoms with Crippen molar-refractivity contribution in [2.24, 2.45) is 5.92 Å². The molecule has 0 saturated heterocycles. The van der Waals surface area contributed by atoms with Crippen LogP contribution in [0.2, 0.25) is 0 Å². The van der Waals surface area contributed by atoms with E-state index in [0.717, 1.165) is 25.8 Å². The Bertz CT molecular complexity index is 2790. The highest BCUT2D eigenvalue weighted by Gasteiger charge is 2.33. The number of carbonyl (C=O) groups is 4. The Balaban J connectivity index is 1.57. The molecule has 0 amide bonds. The van der Waals surface area contributed by atoms with Gasteiger partial charge < -0.3 is 58.3 Å². The van der Waals surface area contributed by atoms with Crippen molar-refractivity contribution < 1.29 is 77.5 Å². The molecule has 6 unspecified atom stereocenters. The van der Waals surface area contributed by atoms with Crippen LogP contribution in [0.25, 0.3) is 16.7 Å². The molecule has 0 spiro atoms. The van der Waals surface area contributed by atoms with E-state index in [4.69, 9.17) is 37.9 Å². The lowest BCUT2D eigenvalue weighted by Gasteiger charge is -2.29. The van der Waals surface area contributed by atoms with Crippen LogP contribution in [-0.4, -0.2) is 115 Å². The van der Waals surface area contributed by atoms with Crippen LogP contribution in [0.15, 0.2) is 146 Å². The fourth-order valence-corrected chi connectivity index (χ4v) is 8.10. The van der Waals surface area contributed by atoms with E-state index in [9.17, 15) is 39.6 Å². The highest BCUT2D eigenvalue weighted by molar-refractivity contribution is 14.1. The van der Waals surface area contributed by atoms with E-state index in [1.165, 1.54) is 27.7 Å². The summed E-state index contributed by atoms with van der Waals surface area (Å²) in [4.78, 5) is 48.1. The van der Waals surface area contributed by atoms with E-state index >= 15 is 0 Å². The van der Waals surface area contributed by atoms with Crippen LogP contribution in [0.3, 0.4) is 0 Å². The molecule has 4 aromatic rings. The largest absolute Gasteiger partial charge is 0.491 e. The van der Waals surface area contributed by atoms with Crippen LogP contribution in [0.5, 0.6) is 23.0 Å². The summed E-state index contributed by atoms with van der Waals surface area (Å²) in [6, 6.07) is 23.8. The molecule has 4 N–H and O–H groups in total. The number of hydrogen-bond donors (Lipinski definition) is 4. The number of carbonyl (C=O) groups excluding carboxylic acids is 4. The maximum atomic E-state index is 12.3. The highest BCUT2D eigenvalue weighted by atomic mass is 127. The number of benzene rings is 4. The lowest BCUT2D eigenvalue weighted by Crippen LogP contribution is -2.27. The molecule has 0 fully saturated rings. The summed E-state index contributed by atoms with van der Waals surface area (Å²) < 4.78 is 45.7. The fourth-order valence-electron chi connectivity index (χ4n) is 7.29. The number of aliphatic hydroxyl groups excluding tert-OH is 4. The van der Waals surface area contributed by atoms with Crippen LogP contribution < -0.4 is 18.9 Å². The number of halogens is 1. The van der Waals surface area contributed by atoms with Crippen LogP contribution in [0.4, 0.5) is 0 Å². The molecule has 17 heteroatoms. The molecule has 0 aliphatic heterocycles. The lowest BCUT2D eigenvalue weighted by molar-refractivity contribution is -0.149. The smallest absolute Gasteiger partial charge is 0.333 e. The van der Waals surface area contributed by atoms with Gasteiger partial charge in [-0.05, 0) is 134 Å². The number of ether oxygens (including phenoxy) is 8. The minimum absolute atomic E-state index is 0.127. The summed E-state index contributed by atoms with van der Waals surface area (Å²) in [6.07, 6.45) is 1.10. The molecule has 0 saturated carbocycles. The summed E-state index contributed by atoms with van der Waals surface area (Å²) in [5, 5.41) is 43.0. The molecule has 75 heavy (non-hydrogen) atoms. The molecular weight excluding hydrogens is 1080 g/mol. The summed E-state index contributed by atoms with van der Waals surface area (Å²) in [6.45, 7) is 20.2. The second-order valence-electron chi connectivity index (χ2n) is 18.0. The predicted octanol–water partition coefficient (Wildman–Crippen LogP) is 8.06. The highest BCUT2D eigenvalue weighted by Crippen LogP contribution is 2.48. The third-order valence-corrected chi connectivity index (χ3v) is 11.7. The molecule has 0 aromatic heterocycles. The van der Waals surface area contributed by atoms with E-state index < -0.39 is 66.9 Å². The first-order chi connectivity index (χ1) is 35.6. The minimum atomic E-state index is -1.59. The summed E-state index contributed by atoms with van der Waals surface area (Å²) >= 11 is 2.21. The first-order valence-electron chi connectivity index (χ1n) is 23.7. The van der Waals surface area contributed by atoms with Crippen molar-refractivity contribution >= 4 is 52.0 Å². The van der Waals surface area contributed by atoms with Gasteiger partial charge in [-0.2, -0.15) is 0 Å². The number of aryl methyl sites for hydroxylation is 1. The van der Waals surface area contributed by atoms with E-state index in [0.29, 0.717) is 39.7 Å². The zero-order chi connectivity index (χ0) is 54.9. The molecule has 16 nitrogen and oxygen atoms in total.